The van der Waals surface area contributed by atoms with Gasteiger partial charge in [0.25, 0.3) is 0 Å². The van der Waals surface area contributed by atoms with Crippen LogP contribution in [-0.2, 0) is 15.4 Å². The van der Waals surface area contributed by atoms with Crippen LogP contribution in [0.3, 0.4) is 0 Å². The highest BCUT2D eigenvalue weighted by Gasteiger charge is 2.16. The molecule has 1 aromatic carbocycles. The lowest BCUT2D eigenvalue weighted by Crippen LogP contribution is -2.10. The summed E-state index contributed by atoms with van der Waals surface area (Å²) in [5, 5.41) is 7.18. The Morgan fingerprint density at radius 3 is 2.58 bits per heavy atom. The second-order valence-electron chi connectivity index (χ2n) is 3.86. The molecular weight excluding hydrogens is 350 g/mol. The maximum atomic E-state index is 12.2. The average Bonchev–Trinajstić information content (AvgIpc) is 2.87. The Hall–Kier alpha value is -1.02. The second-order valence-corrected chi connectivity index (χ2v) is 7.12. The van der Waals surface area contributed by atoms with E-state index in [0.29, 0.717) is 16.5 Å². The fourth-order valence-electron chi connectivity index (χ4n) is 1.55. The third kappa shape index (κ3) is 3.30. The Balaban J connectivity index is 2.36. The molecule has 0 fully saturated rings. The topological polar surface area (TPSA) is 77.2 Å². The maximum Gasteiger partial charge on any atom is 0.247 e. The highest BCUT2D eigenvalue weighted by Crippen LogP contribution is 2.22. The molecule has 2 N–H and O–H groups in total. The molecule has 100 valence electrons. The first kappa shape index (κ1) is 14.4. The van der Waals surface area contributed by atoms with E-state index in [2.05, 4.69) is 15.9 Å². The van der Waals surface area contributed by atoms with Gasteiger partial charge >= 0.3 is 0 Å². The molecule has 1 heterocycles. The summed E-state index contributed by atoms with van der Waals surface area (Å²) in [6, 6.07) is 8.46. The smallest absolute Gasteiger partial charge is 0.247 e. The van der Waals surface area contributed by atoms with Gasteiger partial charge in [-0.1, -0.05) is 34.1 Å². The number of alkyl halides is 1. The molecular formula is C12H10BrNO3S2. The zero-order valence-electron chi connectivity index (χ0n) is 9.67. The normalized spacial score (nSPS) is 11.5. The third-order valence-corrected chi connectivity index (χ3v) is 5.50. The Labute approximate surface area is 123 Å². The minimum absolute atomic E-state index is 0.00695. The number of ketones is 1. The van der Waals surface area contributed by atoms with Crippen LogP contribution in [0, 0.1) is 0 Å². The van der Waals surface area contributed by atoms with Crippen LogP contribution < -0.4 is 5.14 Å². The van der Waals surface area contributed by atoms with Crippen molar-refractivity contribution in [3.8, 4) is 0 Å². The molecule has 1 aromatic heterocycles. The van der Waals surface area contributed by atoms with Crippen LogP contribution in [0.25, 0.3) is 0 Å². The van der Waals surface area contributed by atoms with Gasteiger partial charge in [0, 0.05) is 21.8 Å². The molecule has 0 saturated carbocycles. The largest absolute Gasteiger partial charge is 0.289 e. The van der Waals surface area contributed by atoms with Crippen LogP contribution in [0.1, 0.15) is 21.5 Å². The molecule has 0 aliphatic rings. The number of hydrogen-bond acceptors (Lipinski definition) is 4. The van der Waals surface area contributed by atoms with Crippen molar-refractivity contribution in [1.29, 1.82) is 0 Å². The van der Waals surface area contributed by atoms with Crippen molar-refractivity contribution in [2.45, 2.75) is 9.54 Å². The summed E-state index contributed by atoms with van der Waals surface area (Å²) in [4.78, 5) is 12.2. The molecule has 0 atom stereocenters. The lowest BCUT2D eigenvalue weighted by molar-refractivity contribution is 0.103. The van der Waals surface area contributed by atoms with Crippen LogP contribution in [0.4, 0.5) is 0 Å². The molecule has 2 rings (SSSR count). The molecule has 0 saturated heterocycles. The van der Waals surface area contributed by atoms with Crippen LogP contribution in [0.2, 0.25) is 0 Å². The van der Waals surface area contributed by atoms with E-state index in [1.807, 2.05) is 6.07 Å². The summed E-state index contributed by atoms with van der Waals surface area (Å²) in [6.45, 7) is 0. The summed E-state index contributed by atoms with van der Waals surface area (Å²) in [6.07, 6.45) is 0. The van der Waals surface area contributed by atoms with E-state index < -0.39 is 10.0 Å². The van der Waals surface area contributed by atoms with E-state index in [0.717, 1.165) is 16.9 Å². The highest BCUT2D eigenvalue weighted by atomic mass is 79.9. The van der Waals surface area contributed by atoms with Crippen molar-refractivity contribution >= 4 is 43.1 Å². The number of rotatable bonds is 4. The number of sulfonamides is 1. The molecule has 0 radical (unpaired) electrons. The molecule has 4 nitrogen and oxygen atoms in total. The van der Waals surface area contributed by atoms with Crippen molar-refractivity contribution in [3.05, 3.63) is 52.4 Å². The Morgan fingerprint density at radius 1 is 1.26 bits per heavy atom. The quantitative estimate of drug-likeness (QED) is 0.672. The summed E-state index contributed by atoms with van der Waals surface area (Å²) in [7, 11) is -3.75. The summed E-state index contributed by atoms with van der Waals surface area (Å²) in [5.74, 6) is -0.214. The van der Waals surface area contributed by atoms with Crippen LogP contribution in [0.15, 0.2) is 39.9 Å². The lowest BCUT2D eigenvalue weighted by Gasteiger charge is -2.00. The number of carbonyl (C=O) groups is 1. The standard InChI is InChI=1S/C12H10BrNO3S2/c13-6-8-2-1-3-9(4-8)12(15)10-5-11(18-7-10)19(14,16)17/h1-5,7H,6H2,(H2,14,16,17). The minimum atomic E-state index is -3.75. The molecule has 2 aromatic rings. The molecule has 0 aliphatic heterocycles. The van der Waals surface area contributed by atoms with E-state index in [1.165, 1.54) is 11.4 Å². The molecule has 0 bridgehead atoms. The SMILES string of the molecule is NS(=O)(=O)c1cc(C(=O)c2cccc(CBr)c2)cs1. The maximum absolute atomic E-state index is 12.2. The van der Waals surface area contributed by atoms with E-state index in [9.17, 15) is 13.2 Å². The Morgan fingerprint density at radius 2 is 2.00 bits per heavy atom. The molecule has 0 spiro atoms. The first-order valence-corrected chi connectivity index (χ1v) is 8.77. The zero-order valence-corrected chi connectivity index (χ0v) is 12.9. The second kappa shape index (κ2) is 5.54. The van der Waals surface area contributed by atoms with Gasteiger partial charge in [-0.25, -0.2) is 13.6 Å². The molecule has 19 heavy (non-hydrogen) atoms. The van der Waals surface area contributed by atoms with E-state index in [-0.39, 0.29) is 9.99 Å². The fourth-order valence-corrected chi connectivity index (χ4v) is 3.48. The Kier molecular flexibility index (Phi) is 4.19. The fraction of sp³-hybridized carbons (Fsp3) is 0.0833. The van der Waals surface area contributed by atoms with Crippen molar-refractivity contribution in [1.82, 2.24) is 0 Å². The van der Waals surface area contributed by atoms with E-state index in [4.69, 9.17) is 5.14 Å². The number of benzene rings is 1. The number of halogens is 1. The van der Waals surface area contributed by atoms with Crippen LogP contribution in [0.5, 0.6) is 0 Å². The third-order valence-electron chi connectivity index (χ3n) is 2.46. The number of carbonyl (C=O) groups excluding carboxylic acids is 1. The summed E-state index contributed by atoms with van der Waals surface area (Å²) < 4.78 is 22.3. The van der Waals surface area contributed by atoms with Gasteiger partial charge in [0.2, 0.25) is 10.0 Å². The van der Waals surface area contributed by atoms with E-state index >= 15 is 0 Å². The molecule has 0 aliphatic carbocycles. The highest BCUT2D eigenvalue weighted by molar-refractivity contribution is 9.08. The average molecular weight is 360 g/mol. The van der Waals surface area contributed by atoms with Gasteiger partial charge in [-0.2, -0.15) is 0 Å². The zero-order chi connectivity index (χ0) is 14.0. The van der Waals surface area contributed by atoms with Crippen LogP contribution >= 0.6 is 27.3 Å². The van der Waals surface area contributed by atoms with Gasteiger partial charge in [0.15, 0.2) is 5.78 Å². The number of thiophene rings is 1. The van der Waals surface area contributed by atoms with Crippen molar-refractivity contribution in [3.63, 3.8) is 0 Å². The van der Waals surface area contributed by atoms with Gasteiger partial charge in [-0.15, -0.1) is 11.3 Å². The molecule has 0 amide bonds. The lowest BCUT2D eigenvalue weighted by atomic mass is 10.0. The van der Waals surface area contributed by atoms with Gasteiger partial charge in [0.1, 0.15) is 4.21 Å². The van der Waals surface area contributed by atoms with E-state index in [1.54, 1.807) is 18.2 Å². The molecule has 7 heteroatoms. The Bertz CT molecular complexity index is 722. The predicted octanol–water partition coefficient (Wildman–Crippen LogP) is 2.52. The summed E-state index contributed by atoms with van der Waals surface area (Å²) >= 11 is 4.27. The minimum Gasteiger partial charge on any atom is -0.289 e. The first-order valence-electron chi connectivity index (χ1n) is 5.23. The van der Waals surface area contributed by atoms with Gasteiger partial charge in [-0.05, 0) is 17.7 Å². The monoisotopic (exact) mass is 359 g/mol. The van der Waals surface area contributed by atoms with Crippen LogP contribution in [-0.4, -0.2) is 14.2 Å². The van der Waals surface area contributed by atoms with Gasteiger partial charge in [-0.3, -0.25) is 4.79 Å². The van der Waals surface area contributed by atoms with Gasteiger partial charge in [0.05, 0.1) is 0 Å². The van der Waals surface area contributed by atoms with Crippen molar-refractivity contribution in [2.75, 3.05) is 0 Å². The first-order chi connectivity index (χ1) is 8.91. The number of nitrogens with two attached hydrogens (primary N) is 1. The number of hydrogen-bond donors (Lipinski definition) is 1. The van der Waals surface area contributed by atoms with Crippen molar-refractivity contribution in [2.24, 2.45) is 5.14 Å². The predicted molar refractivity (Wildman–Crippen MR) is 78.2 cm³/mol. The summed E-state index contributed by atoms with van der Waals surface area (Å²) in [5.41, 5.74) is 1.84. The van der Waals surface area contributed by atoms with Gasteiger partial charge < -0.3 is 0 Å². The van der Waals surface area contributed by atoms with Crippen molar-refractivity contribution < 1.29 is 13.2 Å². The number of primary sulfonamides is 1. The molecule has 0 unspecified atom stereocenters.